The van der Waals surface area contributed by atoms with Crippen molar-refractivity contribution in [3.8, 4) is 0 Å². The molecular formula is C20H36O8. The predicted molar refractivity (Wildman–Crippen MR) is 102 cm³/mol. The van der Waals surface area contributed by atoms with Crippen molar-refractivity contribution >= 4 is 17.9 Å². The summed E-state index contributed by atoms with van der Waals surface area (Å²) in [6.45, 7) is 11.4. The van der Waals surface area contributed by atoms with Crippen molar-refractivity contribution in [1.29, 1.82) is 0 Å². The van der Waals surface area contributed by atoms with E-state index in [4.69, 9.17) is 14.6 Å². The number of aliphatic hydroxyl groups is 2. The van der Waals surface area contributed by atoms with Crippen molar-refractivity contribution in [2.24, 2.45) is 22.7 Å². The van der Waals surface area contributed by atoms with Crippen LogP contribution in [-0.4, -0.2) is 52.2 Å². The van der Waals surface area contributed by atoms with Crippen LogP contribution in [0.5, 0.6) is 0 Å². The Morgan fingerprint density at radius 3 is 1.86 bits per heavy atom. The Balaban J connectivity index is 4.79. The van der Waals surface area contributed by atoms with Gasteiger partial charge in [-0.1, -0.05) is 20.8 Å². The van der Waals surface area contributed by atoms with Crippen molar-refractivity contribution in [3.05, 3.63) is 0 Å². The number of carbonyl (C=O) groups is 3. The average molecular weight is 405 g/mol. The molecule has 0 saturated heterocycles. The van der Waals surface area contributed by atoms with E-state index in [1.54, 1.807) is 41.5 Å². The van der Waals surface area contributed by atoms with Crippen molar-refractivity contribution in [2.75, 3.05) is 6.61 Å². The summed E-state index contributed by atoms with van der Waals surface area (Å²) < 4.78 is 10.7. The fourth-order valence-corrected chi connectivity index (χ4v) is 2.84. The average Bonchev–Trinajstić information content (AvgIpc) is 2.56. The molecule has 164 valence electrons. The van der Waals surface area contributed by atoms with Gasteiger partial charge >= 0.3 is 17.9 Å². The van der Waals surface area contributed by atoms with Crippen LogP contribution in [0.3, 0.4) is 0 Å². The van der Waals surface area contributed by atoms with Crippen molar-refractivity contribution in [3.63, 3.8) is 0 Å². The zero-order valence-corrected chi connectivity index (χ0v) is 18.0. The van der Waals surface area contributed by atoms with Gasteiger partial charge in [0.1, 0.15) is 12.7 Å². The lowest BCUT2D eigenvalue weighted by molar-refractivity contribution is -0.172. The van der Waals surface area contributed by atoms with Gasteiger partial charge in [0.25, 0.3) is 0 Å². The first kappa shape index (κ1) is 26.3. The van der Waals surface area contributed by atoms with E-state index in [-0.39, 0.29) is 19.4 Å². The zero-order valence-electron chi connectivity index (χ0n) is 18.0. The van der Waals surface area contributed by atoms with Crippen molar-refractivity contribution < 1.29 is 39.2 Å². The monoisotopic (exact) mass is 404 g/mol. The van der Waals surface area contributed by atoms with Crippen LogP contribution in [-0.2, 0) is 23.9 Å². The molecule has 0 aromatic rings. The smallest absolute Gasteiger partial charge is 0.311 e. The molecule has 3 N–H and O–H groups in total. The molecule has 0 heterocycles. The summed E-state index contributed by atoms with van der Waals surface area (Å²) in [5, 5.41) is 27.4. The molecular weight excluding hydrogens is 368 g/mol. The molecule has 28 heavy (non-hydrogen) atoms. The Morgan fingerprint density at radius 2 is 1.43 bits per heavy atom. The number of hydrogen-bond acceptors (Lipinski definition) is 7. The lowest BCUT2D eigenvalue weighted by atomic mass is 9.83. The van der Waals surface area contributed by atoms with E-state index >= 15 is 0 Å². The molecule has 8 heteroatoms. The highest BCUT2D eigenvalue weighted by molar-refractivity contribution is 5.78. The van der Waals surface area contributed by atoms with Gasteiger partial charge in [-0.3, -0.25) is 14.4 Å². The van der Waals surface area contributed by atoms with Crippen LogP contribution in [0.15, 0.2) is 0 Å². The number of carboxylic acid groups (broad SMARTS) is 1. The lowest BCUT2D eigenvalue weighted by Crippen LogP contribution is -2.37. The number of carboxylic acids is 1. The topological polar surface area (TPSA) is 130 Å². The van der Waals surface area contributed by atoms with Gasteiger partial charge in [-0.05, 0) is 47.0 Å². The van der Waals surface area contributed by atoms with Crippen LogP contribution in [0.25, 0.3) is 0 Å². The number of ether oxygens (including phenoxy) is 2. The van der Waals surface area contributed by atoms with Gasteiger partial charge < -0.3 is 24.8 Å². The predicted octanol–water partition coefficient (Wildman–Crippen LogP) is 2.35. The number of aliphatic hydroxyl groups excluding tert-OH is 1. The van der Waals surface area contributed by atoms with Gasteiger partial charge in [0, 0.05) is 5.92 Å². The highest BCUT2D eigenvalue weighted by atomic mass is 16.6. The van der Waals surface area contributed by atoms with Gasteiger partial charge in [-0.25, -0.2) is 0 Å². The maximum atomic E-state index is 12.4. The molecule has 3 atom stereocenters. The maximum absolute atomic E-state index is 12.4. The summed E-state index contributed by atoms with van der Waals surface area (Å²) in [5.41, 5.74) is -1.91. The molecule has 0 rings (SSSR count). The van der Waals surface area contributed by atoms with E-state index in [0.717, 1.165) is 0 Å². The highest BCUT2D eigenvalue weighted by Crippen LogP contribution is 2.30. The summed E-state index contributed by atoms with van der Waals surface area (Å²) in [6, 6.07) is 0. The molecule has 0 radical (unpaired) electrons. The Kier molecular flexibility index (Phi) is 10.1. The third-order valence-corrected chi connectivity index (χ3v) is 4.81. The van der Waals surface area contributed by atoms with E-state index in [1.807, 2.05) is 0 Å². The molecule has 0 saturated carbocycles. The minimum Gasteiger partial charge on any atom is -0.481 e. The van der Waals surface area contributed by atoms with E-state index in [2.05, 4.69) is 0 Å². The van der Waals surface area contributed by atoms with Crippen LogP contribution >= 0.6 is 0 Å². The SMILES string of the molecule is CCC(COC(=O)C(C)(C)CC(C)C(O)O)OC(=O)C(C)(C)CC(C)C(=O)O. The Hall–Kier alpha value is -1.67. The number of esters is 2. The molecule has 0 spiro atoms. The van der Waals surface area contributed by atoms with E-state index in [0.29, 0.717) is 6.42 Å². The number of aliphatic carboxylic acids is 1. The Labute approximate surface area is 167 Å². The number of hydrogen-bond donors (Lipinski definition) is 3. The van der Waals surface area contributed by atoms with Crippen LogP contribution in [0, 0.1) is 22.7 Å². The maximum Gasteiger partial charge on any atom is 0.311 e. The Morgan fingerprint density at radius 1 is 0.929 bits per heavy atom. The zero-order chi connectivity index (χ0) is 22.3. The first-order valence-corrected chi connectivity index (χ1v) is 9.61. The third-order valence-electron chi connectivity index (χ3n) is 4.81. The summed E-state index contributed by atoms with van der Waals surface area (Å²) in [5.74, 6) is -3.23. The van der Waals surface area contributed by atoms with Gasteiger partial charge in [-0.15, -0.1) is 0 Å². The fraction of sp³-hybridized carbons (Fsp3) is 0.850. The molecule has 0 aliphatic rings. The van der Waals surface area contributed by atoms with Crippen molar-refractivity contribution in [2.45, 2.75) is 80.1 Å². The normalized spacial score (nSPS) is 15.6. The quantitative estimate of drug-likeness (QED) is 0.334. The molecule has 0 aliphatic heterocycles. The van der Waals surface area contributed by atoms with Crippen LogP contribution < -0.4 is 0 Å². The van der Waals surface area contributed by atoms with Crippen LogP contribution in [0.4, 0.5) is 0 Å². The Bertz CT molecular complexity index is 538. The lowest BCUT2D eigenvalue weighted by Gasteiger charge is -2.29. The molecule has 0 aliphatic carbocycles. The van der Waals surface area contributed by atoms with Crippen LogP contribution in [0.2, 0.25) is 0 Å². The second-order valence-electron chi connectivity index (χ2n) is 8.84. The second-order valence-corrected chi connectivity index (χ2v) is 8.84. The molecule has 0 fully saturated rings. The molecule has 0 aromatic heterocycles. The summed E-state index contributed by atoms with van der Waals surface area (Å²) >= 11 is 0. The van der Waals surface area contributed by atoms with Gasteiger partial charge in [0.2, 0.25) is 0 Å². The number of rotatable bonds is 12. The minimum atomic E-state index is -1.52. The van der Waals surface area contributed by atoms with E-state index < -0.39 is 53.0 Å². The second kappa shape index (κ2) is 10.8. The first-order chi connectivity index (χ1) is 12.6. The number of carbonyl (C=O) groups excluding carboxylic acids is 2. The summed E-state index contributed by atoms with van der Waals surface area (Å²) in [6.07, 6.45) is -1.39. The standard InChI is InChI=1S/C20H36O8/c1-8-14(28-18(26)20(6,7)10-13(3)16(23)24)11-27-17(25)19(4,5)9-12(2)15(21)22/h12-15,21-22H,8-11H2,1-7H3,(H,23,24). The first-order valence-electron chi connectivity index (χ1n) is 9.61. The van der Waals surface area contributed by atoms with Crippen LogP contribution in [0.1, 0.15) is 67.7 Å². The summed E-state index contributed by atoms with van der Waals surface area (Å²) in [4.78, 5) is 35.8. The van der Waals surface area contributed by atoms with Gasteiger partial charge in [0.15, 0.2) is 6.29 Å². The van der Waals surface area contributed by atoms with E-state index in [1.165, 1.54) is 6.92 Å². The fourth-order valence-electron chi connectivity index (χ4n) is 2.84. The van der Waals surface area contributed by atoms with Gasteiger partial charge in [0.05, 0.1) is 16.7 Å². The molecule has 0 amide bonds. The third kappa shape index (κ3) is 8.56. The largest absolute Gasteiger partial charge is 0.481 e. The minimum absolute atomic E-state index is 0.120. The highest BCUT2D eigenvalue weighted by Gasteiger charge is 2.36. The van der Waals surface area contributed by atoms with E-state index in [9.17, 15) is 24.6 Å². The molecule has 0 aromatic carbocycles. The van der Waals surface area contributed by atoms with Crippen molar-refractivity contribution in [1.82, 2.24) is 0 Å². The van der Waals surface area contributed by atoms with Gasteiger partial charge in [-0.2, -0.15) is 0 Å². The molecule has 0 bridgehead atoms. The summed E-state index contributed by atoms with van der Waals surface area (Å²) in [7, 11) is 0. The molecule has 3 unspecified atom stereocenters. The molecule has 8 nitrogen and oxygen atoms in total.